The van der Waals surface area contributed by atoms with Crippen LogP contribution in [0.15, 0.2) is 28.4 Å². The van der Waals surface area contributed by atoms with Crippen LogP contribution in [0.2, 0.25) is 0 Å². The predicted octanol–water partition coefficient (Wildman–Crippen LogP) is -0.833. The number of hydrogen-bond donors (Lipinski definition) is 2. The average Bonchev–Trinajstić information content (AvgIpc) is 3.12. The van der Waals surface area contributed by atoms with Gasteiger partial charge < -0.3 is 9.84 Å². The van der Waals surface area contributed by atoms with Gasteiger partial charge in [0.05, 0.1) is 0 Å². The lowest BCUT2D eigenvalue weighted by Gasteiger charge is -2.54. The molecular weight excluding hydrogens is 382 g/mol. The van der Waals surface area contributed by atoms with Gasteiger partial charge in [-0.3, -0.25) is 15.4 Å². The highest BCUT2D eigenvalue weighted by Gasteiger charge is 2.63. The molecule has 0 saturated carbocycles. The summed E-state index contributed by atoms with van der Waals surface area (Å²) < 4.78 is 6.39. The first kappa shape index (κ1) is 17.2. The summed E-state index contributed by atoms with van der Waals surface area (Å²) in [5, 5.41) is 24.9. The summed E-state index contributed by atoms with van der Waals surface area (Å²) in [4.78, 5) is 25.3. The maximum atomic E-state index is 12.3. The molecule has 0 aromatic carbocycles. The average molecular weight is 395 g/mol. The van der Waals surface area contributed by atoms with E-state index < -0.39 is 23.0 Å². The number of nitrogens with zero attached hydrogens (tertiary/aromatic N) is 6. The van der Waals surface area contributed by atoms with Gasteiger partial charge in [0.15, 0.2) is 5.65 Å². The zero-order chi connectivity index (χ0) is 18.5. The minimum absolute atomic E-state index is 0.0344. The highest BCUT2D eigenvalue weighted by atomic mass is 32.2. The van der Waals surface area contributed by atoms with Crippen molar-refractivity contribution in [3.8, 4) is 0 Å². The van der Waals surface area contributed by atoms with Crippen LogP contribution in [0.1, 0.15) is 0 Å². The van der Waals surface area contributed by atoms with Gasteiger partial charge in [-0.05, 0) is 28.1 Å². The molecule has 2 aliphatic rings. The summed E-state index contributed by atoms with van der Waals surface area (Å²) in [6, 6.07) is 3.47. The Bertz CT molecular complexity index is 947. The first-order valence-corrected chi connectivity index (χ1v) is 9.42. The molecule has 0 bridgehead atoms. The van der Waals surface area contributed by atoms with Crippen LogP contribution in [0.4, 0.5) is 0 Å². The molecule has 4 rings (SSSR count). The van der Waals surface area contributed by atoms with Crippen molar-refractivity contribution in [1.82, 2.24) is 30.2 Å². The highest BCUT2D eigenvalue weighted by Crippen LogP contribution is 2.45. The first-order valence-electron chi connectivity index (χ1n) is 7.38. The number of methoxy groups -OCH3 is 1. The molecule has 0 radical (unpaired) electrons. The van der Waals surface area contributed by atoms with Crippen LogP contribution in [0.25, 0.3) is 5.65 Å². The maximum absolute atomic E-state index is 12.3. The number of rotatable bonds is 5. The van der Waals surface area contributed by atoms with Crippen molar-refractivity contribution in [2.45, 2.75) is 16.1 Å². The third-order valence-corrected chi connectivity index (χ3v) is 6.52. The zero-order valence-electron chi connectivity index (χ0n) is 13.4. The number of thioether (sulfide) groups is 2. The Morgan fingerprint density at radius 3 is 3.12 bits per heavy atom. The summed E-state index contributed by atoms with van der Waals surface area (Å²) in [6.07, 6.45) is 0. The lowest BCUT2D eigenvalue weighted by molar-refractivity contribution is -0.182. The van der Waals surface area contributed by atoms with Crippen LogP contribution < -0.4 is 5.73 Å². The van der Waals surface area contributed by atoms with Crippen LogP contribution in [0.5, 0.6) is 0 Å². The molecule has 2 aromatic heterocycles. The standard InChI is InChI=1S/C13H13N7O4S2/c1-24-13(14)11(23)19-9(10(21)22)6(5-26-12(13)19)4-25-8-3-2-7-15-17-18-20(7)16-8/h2-3,12H,4-5,14H2,1H3,(H,21,22)/t12-,13-/m0/s1. The molecule has 0 spiro atoms. The number of hydrogen-bond acceptors (Lipinski definition) is 10. The quantitative estimate of drug-likeness (QED) is 0.371. The third-order valence-electron chi connectivity index (χ3n) is 4.13. The number of carboxylic acids is 1. The van der Waals surface area contributed by atoms with Crippen molar-refractivity contribution in [3.05, 3.63) is 23.4 Å². The van der Waals surface area contributed by atoms with Crippen LogP contribution in [0, 0.1) is 0 Å². The van der Waals surface area contributed by atoms with Gasteiger partial charge in [0, 0.05) is 18.6 Å². The van der Waals surface area contributed by atoms with E-state index in [0.29, 0.717) is 27.8 Å². The van der Waals surface area contributed by atoms with Crippen LogP contribution in [-0.4, -0.2) is 76.9 Å². The van der Waals surface area contributed by atoms with Crippen molar-refractivity contribution >= 4 is 41.0 Å². The van der Waals surface area contributed by atoms with E-state index in [1.807, 2.05) is 0 Å². The second-order valence-electron chi connectivity index (χ2n) is 5.58. The second kappa shape index (κ2) is 6.19. The molecule has 4 heterocycles. The number of β-lactam (4-membered cyclic amide) rings is 1. The summed E-state index contributed by atoms with van der Waals surface area (Å²) in [7, 11) is 1.34. The molecule has 2 aromatic rings. The number of carbonyl (C=O) groups is 2. The van der Waals surface area contributed by atoms with E-state index >= 15 is 0 Å². The van der Waals surface area contributed by atoms with Crippen molar-refractivity contribution in [2.24, 2.45) is 5.73 Å². The van der Waals surface area contributed by atoms with Gasteiger partial charge in [-0.2, -0.15) is 0 Å². The first-order chi connectivity index (χ1) is 12.5. The van der Waals surface area contributed by atoms with Crippen LogP contribution >= 0.6 is 23.5 Å². The minimum atomic E-state index is -1.48. The Hall–Kier alpha value is -2.22. The third kappa shape index (κ3) is 2.46. The van der Waals surface area contributed by atoms with E-state index in [2.05, 4.69) is 20.6 Å². The van der Waals surface area contributed by atoms with Crippen molar-refractivity contribution in [3.63, 3.8) is 0 Å². The smallest absolute Gasteiger partial charge is 0.352 e. The number of tetrazole rings is 1. The van der Waals surface area contributed by atoms with Crippen LogP contribution in [-0.2, 0) is 14.3 Å². The predicted molar refractivity (Wildman–Crippen MR) is 91.0 cm³/mol. The molecule has 13 heteroatoms. The molecule has 136 valence electrons. The molecule has 11 nitrogen and oxygen atoms in total. The molecule has 0 aliphatic carbocycles. The van der Waals surface area contributed by atoms with E-state index in [1.54, 1.807) is 12.1 Å². The van der Waals surface area contributed by atoms with E-state index in [9.17, 15) is 14.7 Å². The van der Waals surface area contributed by atoms with Gasteiger partial charge in [0.1, 0.15) is 16.1 Å². The number of carboxylic acid groups (broad SMARTS) is 1. The Kier molecular flexibility index (Phi) is 4.10. The molecule has 2 atom stereocenters. The minimum Gasteiger partial charge on any atom is -0.477 e. The number of carbonyl (C=O) groups excluding carboxylic acids is 1. The molecule has 3 N–H and O–H groups in total. The Morgan fingerprint density at radius 1 is 1.58 bits per heavy atom. The number of ether oxygens (including phenoxy) is 1. The number of amides is 1. The largest absolute Gasteiger partial charge is 0.477 e. The number of aliphatic carboxylic acids is 1. The highest BCUT2D eigenvalue weighted by molar-refractivity contribution is 8.01. The van der Waals surface area contributed by atoms with Crippen molar-refractivity contribution < 1.29 is 19.4 Å². The topological polar surface area (TPSA) is 149 Å². The molecule has 1 amide bonds. The number of fused-ring (bicyclic) bond motifs is 2. The van der Waals surface area contributed by atoms with E-state index in [1.165, 1.54) is 40.2 Å². The second-order valence-corrected chi connectivity index (χ2v) is 7.64. The van der Waals surface area contributed by atoms with Gasteiger partial charge in [0.25, 0.3) is 5.91 Å². The van der Waals surface area contributed by atoms with Gasteiger partial charge in [-0.25, -0.2) is 4.79 Å². The fourth-order valence-corrected chi connectivity index (χ4v) is 5.17. The summed E-state index contributed by atoms with van der Waals surface area (Å²) in [6.45, 7) is 0. The SMILES string of the molecule is CO[C@@]1(N)C(=O)N2C(C(=O)O)=C(CSc3ccc4nnnn4n3)CS[C@H]21. The molecule has 0 unspecified atom stereocenters. The fourth-order valence-electron chi connectivity index (χ4n) is 2.79. The fraction of sp³-hybridized carbons (Fsp3) is 0.385. The van der Waals surface area contributed by atoms with Gasteiger partial charge in [-0.15, -0.1) is 38.4 Å². The zero-order valence-corrected chi connectivity index (χ0v) is 15.0. The lowest BCUT2D eigenvalue weighted by atomic mass is 10.00. The Labute approximate surface area is 154 Å². The van der Waals surface area contributed by atoms with Crippen molar-refractivity contribution in [1.29, 1.82) is 0 Å². The molecular formula is C13H13N7O4S2. The summed E-state index contributed by atoms with van der Waals surface area (Å²) >= 11 is 2.72. The van der Waals surface area contributed by atoms with Gasteiger partial charge >= 0.3 is 5.97 Å². The molecule has 2 aliphatic heterocycles. The van der Waals surface area contributed by atoms with Crippen molar-refractivity contribution in [2.75, 3.05) is 18.6 Å². The molecule has 1 saturated heterocycles. The van der Waals surface area contributed by atoms with E-state index in [-0.39, 0.29) is 5.70 Å². The normalized spacial score (nSPS) is 25.4. The lowest BCUT2D eigenvalue weighted by Crippen LogP contribution is -2.78. The Balaban J connectivity index is 1.58. The monoisotopic (exact) mass is 395 g/mol. The van der Waals surface area contributed by atoms with Crippen LogP contribution in [0.3, 0.4) is 0 Å². The Morgan fingerprint density at radius 2 is 2.38 bits per heavy atom. The summed E-state index contributed by atoms with van der Waals surface area (Å²) in [5.41, 5.74) is 5.55. The van der Waals surface area contributed by atoms with E-state index in [0.717, 1.165) is 0 Å². The summed E-state index contributed by atoms with van der Waals surface area (Å²) in [5.74, 6) is -0.930. The van der Waals surface area contributed by atoms with Gasteiger partial charge in [0.2, 0.25) is 5.72 Å². The molecule has 1 fully saturated rings. The van der Waals surface area contributed by atoms with E-state index in [4.69, 9.17) is 10.5 Å². The number of aromatic nitrogens is 5. The molecule has 26 heavy (non-hydrogen) atoms. The maximum Gasteiger partial charge on any atom is 0.352 e. The van der Waals surface area contributed by atoms with Gasteiger partial charge in [-0.1, -0.05) is 0 Å². The number of nitrogens with two attached hydrogens (primary N) is 1.